The first-order valence-corrected chi connectivity index (χ1v) is 11.7. The smallest absolute Gasteiger partial charge is 0.334 e. The maximum Gasteiger partial charge on any atom is 0.334 e. The minimum Gasteiger partial charge on any atom is -0.508 e. The average molecular weight is 431 g/mol. The maximum atomic E-state index is 12.7. The number of carbonyl (C=O) groups excluding carboxylic acids is 1. The fraction of sp³-hybridized carbons (Fsp3) is 0.345. The monoisotopic (exact) mass is 430 g/mol. The molecular weight excluding hydrogens is 396 g/mol. The molecule has 0 radical (unpaired) electrons. The van der Waals surface area contributed by atoms with Crippen LogP contribution in [0.15, 0.2) is 66.2 Å². The normalized spacial score (nSPS) is 12.0. The van der Waals surface area contributed by atoms with Crippen molar-refractivity contribution in [2.45, 2.75) is 59.3 Å². The van der Waals surface area contributed by atoms with E-state index in [1.165, 1.54) is 11.1 Å². The summed E-state index contributed by atoms with van der Waals surface area (Å²) in [5, 5.41) is 12.1. The van der Waals surface area contributed by atoms with Crippen molar-refractivity contribution in [3.05, 3.63) is 82.9 Å². The third-order valence-corrected chi connectivity index (χ3v) is 6.02. The Morgan fingerprint density at radius 1 is 0.938 bits per heavy atom. The minimum absolute atomic E-state index is 0.226. The van der Waals surface area contributed by atoms with Gasteiger partial charge in [-0.1, -0.05) is 68.8 Å². The van der Waals surface area contributed by atoms with E-state index in [4.69, 9.17) is 4.74 Å². The number of carbonyl (C=O) groups is 1. The molecule has 0 aliphatic rings. The summed E-state index contributed by atoms with van der Waals surface area (Å²) >= 11 is 0. The Morgan fingerprint density at radius 3 is 2.44 bits per heavy atom. The first kappa shape index (κ1) is 23.6. The highest BCUT2D eigenvalue weighted by Gasteiger charge is 2.17. The molecule has 32 heavy (non-hydrogen) atoms. The zero-order valence-electron chi connectivity index (χ0n) is 19.5. The molecular formula is C29H34O3. The standard InChI is InChI=1S/C29H34O3/c1-4-6-19-32-29(31)21(3)25(5-2)28-17-15-23-20-24(30)16-18-26(23)27(28)14-10-13-22-11-8-7-9-12-22/h7-9,11-12,15-18,20,30H,4-6,10,13-14,19H2,1-3H3/b25-21+. The second-order valence-corrected chi connectivity index (χ2v) is 8.28. The molecule has 0 spiro atoms. The van der Waals surface area contributed by atoms with Crippen LogP contribution in [0.25, 0.3) is 16.3 Å². The quantitative estimate of drug-likeness (QED) is 0.209. The fourth-order valence-electron chi connectivity index (χ4n) is 4.25. The Labute approximate surface area is 191 Å². The Kier molecular flexibility index (Phi) is 8.49. The van der Waals surface area contributed by atoms with Crippen LogP contribution in [0.4, 0.5) is 0 Å². The van der Waals surface area contributed by atoms with Crippen molar-refractivity contribution >= 4 is 22.3 Å². The summed E-state index contributed by atoms with van der Waals surface area (Å²) in [5.74, 6) is 0.0405. The number of hydrogen-bond acceptors (Lipinski definition) is 3. The Hall–Kier alpha value is -3.07. The number of hydrogen-bond donors (Lipinski definition) is 1. The fourth-order valence-corrected chi connectivity index (χ4v) is 4.25. The Balaban J connectivity index is 1.98. The Bertz CT molecular complexity index is 1080. The molecule has 0 aliphatic heterocycles. The minimum atomic E-state index is -0.226. The molecule has 3 heteroatoms. The Morgan fingerprint density at radius 2 is 1.72 bits per heavy atom. The number of aryl methyl sites for hydroxylation is 2. The van der Waals surface area contributed by atoms with E-state index in [0.29, 0.717) is 12.2 Å². The number of allylic oxidation sites excluding steroid dienone is 1. The lowest BCUT2D eigenvalue weighted by Crippen LogP contribution is -2.10. The van der Waals surface area contributed by atoms with E-state index in [2.05, 4.69) is 44.2 Å². The lowest BCUT2D eigenvalue weighted by Gasteiger charge is -2.18. The van der Waals surface area contributed by atoms with Gasteiger partial charge in [0.1, 0.15) is 5.75 Å². The van der Waals surface area contributed by atoms with Crippen molar-refractivity contribution in [3.63, 3.8) is 0 Å². The summed E-state index contributed by atoms with van der Waals surface area (Å²) in [6.45, 7) is 6.52. The van der Waals surface area contributed by atoms with Crippen LogP contribution in [-0.2, 0) is 22.4 Å². The number of aromatic hydroxyl groups is 1. The van der Waals surface area contributed by atoms with E-state index < -0.39 is 0 Å². The first-order valence-electron chi connectivity index (χ1n) is 11.7. The van der Waals surface area contributed by atoms with Crippen molar-refractivity contribution in [2.75, 3.05) is 6.61 Å². The number of phenols is 1. The highest BCUT2D eigenvalue weighted by molar-refractivity contribution is 5.99. The van der Waals surface area contributed by atoms with Crippen molar-refractivity contribution in [3.8, 4) is 5.75 Å². The first-order chi connectivity index (χ1) is 15.5. The van der Waals surface area contributed by atoms with Crippen molar-refractivity contribution < 1.29 is 14.6 Å². The van der Waals surface area contributed by atoms with Crippen LogP contribution in [0.2, 0.25) is 0 Å². The maximum absolute atomic E-state index is 12.7. The van der Waals surface area contributed by atoms with E-state index in [1.54, 1.807) is 12.1 Å². The summed E-state index contributed by atoms with van der Waals surface area (Å²) in [4.78, 5) is 12.7. The molecule has 0 aromatic heterocycles. The van der Waals surface area contributed by atoms with Crippen molar-refractivity contribution in [2.24, 2.45) is 0 Å². The van der Waals surface area contributed by atoms with Gasteiger partial charge in [0, 0.05) is 5.57 Å². The van der Waals surface area contributed by atoms with Gasteiger partial charge in [0.25, 0.3) is 0 Å². The number of ether oxygens (including phenoxy) is 1. The van der Waals surface area contributed by atoms with Gasteiger partial charge in [-0.3, -0.25) is 0 Å². The molecule has 0 saturated carbocycles. The van der Waals surface area contributed by atoms with Crippen molar-refractivity contribution in [1.82, 2.24) is 0 Å². The number of unbranched alkanes of at least 4 members (excludes halogenated alkanes) is 1. The summed E-state index contributed by atoms with van der Waals surface area (Å²) < 4.78 is 5.50. The van der Waals surface area contributed by atoms with Gasteiger partial charge in [-0.05, 0) is 84.2 Å². The van der Waals surface area contributed by atoms with Gasteiger partial charge < -0.3 is 9.84 Å². The van der Waals surface area contributed by atoms with Crippen LogP contribution in [0.1, 0.15) is 63.1 Å². The van der Waals surface area contributed by atoms with Crippen LogP contribution < -0.4 is 0 Å². The third kappa shape index (κ3) is 5.79. The van der Waals surface area contributed by atoms with Crippen LogP contribution in [-0.4, -0.2) is 17.7 Å². The van der Waals surface area contributed by atoms with Crippen LogP contribution >= 0.6 is 0 Å². The van der Waals surface area contributed by atoms with Gasteiger partial charge in [0.2, 0.25) is 0 Å². The van der Waals surface area contributed by atoms with E-state index >= 15 is 0 Å². The topological polar surface area (TPSA) is 46.5 Å². The molecule has 3 nitrogen and oxygen atoms in total. The highest BCUT2D eigenvalue weighted by Crippen LogP contribution is 2.34. The molecule has 0 heterocycles. The van der Waals surface area contributed by atoms with Crippen LogP contribution in [0.5, 0.6) is 5.75 Å². The van der Waals surface area contributed by atoms with Gasteiger partial charge in [-0.15, -0.1) is 0 Å². The van der Waals surface area contributed by atoms with Gasteiger partial charge in [0.15, 0.2) is 0 Å². The van der Waals surface area contributed by atoms with Gasteiger partial charge in [-0.25, -0.2) is 4.79 Å². The number of phenolic OH excluding ortho intramolecular Hbond substituents is 1. The lowest BCUT2D eigenvalue weighted by molar-refractivity contribution is -0.139. The predicted molar refractivity (Wildman–Crippen MR) is 133 cm³/mol. The molecule has 1 N–H and O–H groups in total. The zero-order valence-corrected chi connectivity index (χ0v) is 19.5. The lowest BCUT2D eigenvalue weighted by atomic mass is 9.87. The van der Waals surface area contributed by atoms with E-state index in [-0.39, 0.29) is 11.7 Å². The highest BCUT2D eigenvalue weighted by atomic mass is 16.5. The molecule has 0 aliphatic carbocycles. The second kappa shape index (κ2) is 11.5. The number of benzene rings is 3. The summed E-state index contributed by atoms with van der Waals surface area (Å²) in [7, 11) is 0. The van der Waals surface area contributed by atoms with Gasteiger partial charge in [-0.2, -0.15) is 0 Å². The largest absolute Gasteiger partial charge is 0.508 e. The molecule has 3 aromatic rings. The SMILES string of the molecule is CCCCOC(=O)/C(C)=C(\CC)c1ccc2cc(O)ccc2c1CCCc1ccccc1. The molecule has 0 amide bonds. The van der Waals surface area contributed by atoms with Gasteiger partial charge in [0.05, 0.1) is 6.61 Å². The van der Waals surface area contributed by atoms with Crippen LogP contribution in [0, 0.1) is 0 Å². The predicted octanol–water partition coefficient (Wildman–Crippen LogP) is 7.25. The van der Waals surface area contributed by atoms with Gasteiger partial charge >= 0.3 is 5.97 Å². The molecule has 3 rings (SSSR count). The summed E-state index contributed by atoms with van der Waals surface area (Å²) in [6.07, 6.45) is 5.54. The second-order valence-electron chi connectivity index (χ2n) is 8.28. The zero-order chi connectivity index (χ0) is 22.9. The molecule has 0 saturated heterocycles. The molecule has 3 aromatic carbocycles. The van der Waals surface area contributed by atoms with E-state index in [1.807, 2.05) is 25.1 Å². The van der Waals surface area contributed by atoms with E-state index in [9.17, 15) is 9.90 Å². The molecule has 0 unspecified atom stereocenters. The summed E-state index contributed by atoms with van der Waals surface area (Å²) in [6, 6.07) is 20.2. The summed E-state index contributed by atoms with van der Waals surface area (Å²) in [5.41, 5.74) is 5.40. The molecule has 168 valence electrons. The number of esters is 1. The van der Waals surface area contributed by atoms with E-state index in [0.717, 1.165) is 60.4 Å². The van der Waals surface area contributed by atoms with Crippen molar-refractivity contribution in [1.29, 1.82) is 0 Å². The number of fused-ring (bicyclic) bond motifs is 1. The third-order valence-electron chi connectivity index (χ3n) is 6.02. The molecule has 0 bridgehead atoms. The average Bonchev–Trinajstić information content (AvgIpc) is 2.81. The van der Waals surface area contributed by atoms with Crippen LogP contribution in [0.3, 0.4) is 0 Å². The molecule has 0 fully saturated rings. The number of rotatable bonds is 10. The molecule has 0 atom stereocenters.